The van der Waals surface area contributed by atoms with Gasteiger partial charge >= 0.3 is 0 Å². The predicted molar refractivity (Wildman–Crippen MR) is 78.1 cm³/mol. The average Bonchev–Trinajstić information content (AvgIpc) is 2.94. The minimum absolute atomic E-state index is 0.796. The van der Waals surface area contributed by atoms with Crippen LogP contribution >= 0.6 is 11.3 Å². The standard InChI is InChI=1S/C15H24N2S/c1-4-15-14-7-16-6-13(14)9-17(15)8-12-5-10(2)18-11(12)3/h5,13-16H,4,6-9H2,1-3H3. The Morgan fingerprint density at radius 1 is 1.39 bits per heavy atom. The Morgan fingerprint density at radius 3 is 2.89 bits per heavy atom. The second-order valence-electron chi connectivity index (χ2n) is 5.93. The van der Waals surface area contributed by atoms with E-state index in [4.69, 9.17) is 0 Å². The van der Waals surface area contributed by atoms with Gasteiger partial charge in [0.05, 0.1) is 0 Å². The van der Waals surface area contributed by atoms with Crippen LogP contribution in [0.1, 0.15) is 28.7 Å². The van der Waals surface area contributed by atoms with E-state index in [1.807, 2.05) is 11.3 Å². The number of aryl methyl sites for hydroxylation is 2. The van der Waals surface area contributed by atoms with E-state index in [0.717, 1.165) is 17.9 Å². The molecule has 2 nitrogen and oxygen atoms in total. The molecule has 100 valence electrons. The molecule has 3 rings (SSSR count). The maximum atomic E-state index is 3.56. The first-order valence-corrected chi connectivity index (χ1v) is 8.01. The first-order valence-electron chi connectivity index (χ1n) is 7.19. The molecule has 3 atom stereocenters. The van der Waals surface area contributed by atoms with Crippen molar-refractivity contribution >= 4 is 11.3 Å². The number of likely N-dealkylation sites (tertiary alicyclic amines) is 1. The third-order valence-electron chi connectivity index (χ3n) is 4.76. The fourth-order valence-electron chi connectivity index (χ4n) is 3.91. The number of fused-ring (bicyclic) bond motifs is 1. The molecule has 2 fully saturated rings. The number of nitrogens with zero attached hydrogens (tertiary/aromatic N) is 1. The van der Waals surface area contributed by atoms with Gasteiger partial charge in [0.25, 0.3) is 0 Å². The van der Waals surface area contributed by atoms with Gasteiger partial charge in [0.15, 0.2) is 0 Å². The summed E-state index contributed by atoms with van der Waals surface area (Å²) in [6.07, 6.45) is 1.30. The molecule has 18 heavy (non-hydrogen) atoms. The van der Waals surface area contributed by atoms with E-state index in [9.17, 15) is 0 Å². The minimum atomic E-state index is 0.796. The van der Waals surface area contributed by atoms with E-state index in [-0.39, 0.29) is 0 Å². The summed E-state index contributed by atoms with van der Waals surface area (Å²) in [6, 6.07) is 3.18. The Bertz CT molecular complexity index is 426. The molecule has 0 radical (unpaired) electrons. The number of rotatable bonds is 3. The lowest BCUT2D eigenvalue weighted by molar-refractivity contribution is 0.210. The molecule has 0 bridgehead atoms. The topological polar surface area (TPSA) is 15.3 Å². The van der Waals surface area contributed by atoms with Crippen molar-refractivity contribution in [1.29, 1.82) is 0 Å². The van der Waals surface area contributed by atoms with E-state index in [0.29, 0.717) is 0 Å². The Labute approximate surface area is 114 Å². The van der Waals surface area contributed by atoms with Gasteiger partial charge in [0.1, 0.15) is 0 Å². The van der Waals surface area contributed by atoms with Crippen molar-refractivity contribution in [3.05, 3.63) is 21.4 Å². The largest absolute Gasteiger partial charge is 0.316 e. The lowest BCUT2D eigenvalue weighted by atomic mass is 9.93. The summed E-state index contributed by atoms with van der Waals surface area (Å²) in [5.74, 6) is 1.80. The molecule has 2 aliphatic rings. The molecule has 0 spiro atoms. The lowest BCUT2D eigenvalue weighted by Crippen LogP contribution is -2.34. The quantitative estimate of drug-likeness (QED) is 0.903. The molecule has 3 unspecified atom stereocenters. The molecule has 3 heterocycles. The summed E-state index contributed by atoms with van der Waals surface area (Å²) in [5.41, 5.74) is 1.56. The van der Waals surface area contributed by atoms with E-state index in [1.54, 1.807) is 5.56 Å². The smallest absolute Gasteiger partial charge is 0.0247 e. The van der Waals surface area contributed by atoms with Gasteiger partial charge in [-0.1, -0.05) is 6.92 Å². The summed E-state index contributed by atoms with van der Waals surface area (Å²) in [6.45, 7) is 11.8. The normalized spacial score (nSPS) is 32.1. The molecule has 1 N–H and O–H groups in total. The number of hydrogen-bond acceptors (Lipinski definition) is 3. The lowest BCUT2D eigenvalue weighted by Gasteiger charge is -2.26. The predicted octanol–water partition coefficient (Wildman–Crippen LogP) is 2.79. The SMILES string of the molecule is CCC1C2CNCC2CN1Cc1cc(C)sc1C. The van der Waals surface area contributed by atoms with E-state index >= 15 is 0 Å². The fourth-order valence-corrected chi connectivity index (χ4v) is 4.85. The van der Waals surface area contributed by atoms with Crippen LogP contribution in [0, 0.1) is 25.7 Å². The average molecular weight is 264 g/mol. The zero-order valence-electron chi connectivity index (χ0n) is 11.7. The van der Waals surface area contributed by atoms with E-state index < -0.39 is 0 Å². The number of hydrogen-bond donors (Lipinski definition) is 1. The first-order chi connectivity index (χ1) is 8.69. The highest BCUT2D eigenvalue weighted by Gasteiger charge is 2.42. The van der Waals surface area contributed by atoms with Crippen molar-refractivity contribution in [1.82, 2.24) is 10.2 Å². The molecule has 0 saturated carbocycles. The Hall–Kier alpha value is -0.380. The summed E-state index contributed by atoms with van der Waals surface area (Å²) in [5, 5.41) is 3.56. The number of thiophene rings is 1. The van der Waals surface area contributed by atoms with Gasteiger partial charge < -0.3 is 5.32 Å². The van der Waals surface area contributed by atoms with Crippen LogP contribution < -0.4 is 5.32 Å². The van der Waals surface area contributed by atoms with Crippen LogP contribution in [0.15, 0.2) is 6.07 Å². The highest BCUT2D eigenvalue weighted by Crippen LogP contribution is 2.36. The second kappa shape index (κ2) is 4.95. The zero-order chi connectivity index (χ0) is 12.7. The van der Waals surface area contributed by atoms with Gasteiger partial charge in [0, 0.05) is 28.9 Å². The van der Waals surface area contributed by atoms with Gasteiger partial charge in [-0.3, -0.25) is 4.90 Å². The molecule has 1 aromatic rings. The molecule has 0 aliphatic carbocycles. The third kappa shape index (κ3) is 2.13. The highest BCUT2D eigenvalue weighted by molar-refractivity contribution is 7.12. The van der Waals surface area contributed by atoms with Crippen molar-refractivity contribution in [3.8, 4) is 0 Å². The Morgan fingerprint density at radius 2 is 2.22 bits per heavy atom. The maximum Gasteiger partial charge on any atom is 0.0247 e. The molecule has 3 heteroatoms. The van der Waals surface area contributed by atoms with Crippen LogP contribution in [-0.4, -0.2) is 30.6 Å². The molecule has 1 aromatic heterocycles. The molecule has 2 saturated heterocycles. The zero-order valence-corrected chi connectivity index (χ0v) is 12.5. The van der Waals surface area contributed by atoms with Crippen molar-refractivity contribution in [2.45, 2.75) is 39.8 Å². The molecular weight excluding hydrogens is 240 g/mol. The van der Waals surface area contributed by atoms with Gasteiger partial charge in [-0.25, -0.2) is 0 Å². The summed E-state index contributed by atoms with van der Waals surface area (Å²) in [4.78, 5) is 5.71. The second-order valence-corrected chi connectivity index (χ2v) is 7.39. The fraction of sp³-hybridized carbons (Fsp3) is 0.733. The van der Waals surface area contributed by atoms with Crippen LogP contribution in [-0.2, 0) is 6.54 Å². The van der Waals surface area contributed by atoms with Crippen LogP contribution in [0.2, 0.25) is 0 Å². The van der Waals surface area contributed by atoms with Gasteiger partial charge in [0.2, 0.25) is 0 Å². The van der Waals surface area contributed by atoms with Crippen molar-refractivity contribution in [2.24, 2.45) is 11.8 Å². The van der Waals surface area contributed by atoms with Gasteiger partial charge in [-0.05, 0) is 56.8 Å². The van der Waals surface area contributed by atoms with Crippen LogP contribution in [0.25, 0.3) is 0 Å². The third-order valence-corrected chi connectivity index (χ3v) is 5.77. The first kappa shape index (κ1) is 12.6. The monoisotopic (exact) mass is 264 g/mol. The summed E-state index contributed by atoms with van der Waals surface area (Å²) < 4.78 is 0. The van der Waals surface area contributed by atoms with Crippen molar-refractivity contribution in [2.75, 3.05) is 19.6 Å². The minimum Gasteiger partial charge on any atom is -0.316 e. The Balaban J connectivity index is 1.75. The molecule has 0 amide bonds. The van der Waals surface area contributed by atoms with E-state index in [1.165, 1.54) is 42.4 Å². The van der Waals surface area contributed by atoms with Crippen molar-refractivity contribution < 1.29 is 0 Å². The Kier molecular flexibility index (Phi) is 3.48. The summed E-state index contributed by atoms with van der Waals surface area (Å²) >= 11 is 1.94. The van der Waals surface area contributed by atoms with E-state index in [2.05, 4.69) is 37.1 Å². The maximum absolute atomic E-state index is 3.56. The van der Waals surface area contributed by atoms with Crippen LogP contribution in [0.5, 0.6) is 0 Å². The van der Waals surface area contributed by atoms with Crippen molar-refractivity contribution in [3.63, 3.8) is 0 Å². The number of nitrogens with one attached hydrogen (secondary N) is 1. The van der Waals surface area contributed by atoms with Crippen LogP contribution in [0.3, 0.4) is 0 Å². The molecule has 2 aliphatic heterocycles. The summed E-state index contributed by atoms with van der Waals surface area (Å²) in [7, 11) is 0. The van der Waals surface area contributed by atoms with Gasteiger partial charge in [-0.15, -0.1) is 11.3 Å². The highest BCUT2D eigenvalue weighted by atomic mass is 32.1. The van der Waals surface area contributed by atoms with Gasteiger partial charge in [-0.2, -0.15) is 0 Å². The molecular formula is C15H24N2S. The van der Waals surface area contributed by atoms with Crippen LogP contribution in [0.4, 0.5) is 0 Å². The molecule has 0 aromatic carbocycles.